The number of ether oxygens (including phenoxy) is 1. The number of thioether (sulfide) groups is 1. The molecule has 0 amide bonds. The Morgan fingerprint density at radius 1 is 1.29 bits per heavy atom. The van der Waals surface area contributed by atoms with Gasteiger partial charge in [0.1, 0.15) is 0 Å². The van der Waals surface area contributed by atoms with Crippen LogP contribution in [0.4, 0.5) is 0 Å². The Morgan fingerprint density at radius 2 is 2.11 bits per heavy atom. The lowest BCUT2D eigenvalue weighted by atomic mass is 10.2. The standard InChI is InChI=1S/C20H26N4O3S/c1-5-23-19(18-8-6-11-27-18)21-22-20(23)28-13-17(25)16-12-14(2)24(15(16)3)9-7-10-26-4/h6,8,11-12H,5,7,9-10,13H2,1-4H3. The summed E-state index contributed by atoms with van der Waals surface area (Å²) < 4.78 is 14.7. The Balaban J connectivity index is 1.70. The van der Waals surface area contributed by atoms with Crippen LogP contribution in [0, 0.1) is 13.8 Å². The molecule has 3 aromatic rings. The van der Waals surface area contributed by atoms with Gasteiger partial charge in [-0.25, -0.2) is 0 Å². The second kappa shape index (κ2) is 9.25. The van der Waals surface area contributed by atoms with Gasteiger partial charge in [-0.1, -0.05) is 11.8 Å². The van der Waals surface area contributed by atoms with Crippen molar-refractivity contribution < 1.29 is 13.9 Å². The normalized spacial score (nSPS) is 11.3. The van der Waals surface area contributed by atoms with Crippen molar-refractivity contribution in [3.8, 4) is 11.6 Å². The van der Waals surface area contributed by atoms with Crippen LogP contribution < -0.4 is 0 Å². The summed E-state index contributed by atoms with van der Waals surface area (Å²) in [5.74, 6) is 1.77. The van der Waals surface area contributed by atoms with Crippen molar-refractivity contribution in [2.75, 3.05) is 19.5 Å². The molecule has 0 unspecified atom stereocenters. The van der Waals surface area contributed by atoms with E-state index in [9.17, 15) is 4.79 Å². The second-order valence-electron chi connectivity index (χ2n) is 6.52. The second-order valence-corrected chi connectivity index (χ2v) is 7.46. The monoisotopic (exact) mass is 402 g/mol. The summed E-state index contributed by atoms with van der Waals surface area (Å²) in [7, 11) is 1.70. The number of aryl methyl sites for hydroxylation is 1. The molecule has 150 valence electrons. The molecule has 0 aliphatic carbocycles. The number of methoxy groups -OCH3 is 1. The van der Waals surface area contributed by atoms with Crippen LogP contribution >= 0.6 is 11.8 Å². The van der Waals surface area contributed by atoms with E-state index < -0.39 is 0 Å². The predicted molar refractivity (Wildman–Crippen MR) is 109 cm³/mol. The van der Waals surface area contributed by atoms with Crippen molar-refractivity contribution in [2.24, 2.45) is 0 Å². The minimum Gasteiger partial charge on any atom is -0.461 e. The van der Waals surface area contributed by atoms with Gasteiger partial charge in [-0.3, -0.25) is 9.36 Å². The van der Waals surface area contributed by atoms with Gasteiger partial charge >= 0.3 is 0 Å². The minimum atomic E-state index is 0.0984. The van der Waals surface area contributed by atoms with Crippen molar-refractivity contribution in [3.05, 3.63) is 41.4 Å². The largest absolute Gasteiger partial charge is 0.461 e. The van der Waals surface area contributed by atoms with Crippen molar-refractivity contribution in [3.63, 3.8) is 0 Å². The first-order chi connectivity index (χ1) is 13.6. The Kier molecular flexibility index (Phi) is 6.74. The van der Waals surface area contributed by atoms with Crippen LogP contribution in [0.1, 0.15) is 35.1 Å². The van der Waals surface area contributed by atoms with Gasteiger partial charge in [-0.15, -0.1) is 10.2 Å². The molecule has 3 rings (SSSR count). The maximum atomic E-state index is 12.8. The zero-order chi connectivity index (χ0) is 20.1. The van der Waals surface area contributed by atoms with E-state index in [2.05, 4.69) is 14.8 Å². The lowest BCUT2D eigenvalue weighted by molar-refractivity contribution is 0.102. The van der Waals surface area contributed by atoms with Gasteiger partial charge in [0.2, 0.25) is 0 Å². The highest BCUT2D eigenvalue weighted by molar-refractivity contribution is 7.99. The van der Waals surface area contributed by atoms with E-state index in [1.54, 1.807) is 13.4 Å². The van der Waals surface area contributed by atoms with Crippen LogP contribution in [0.25, 0.3) is 11.6 Å². The number of hydrogen-bond donors (Lipinski definition) is 0. The van der Waals surface area contributed by atoms with E-state index in [1.807, 2.05) is 43.5 Å². The molecule has 0 aliphatic rings. The summed E-state index contributed by atoms with van der Waals surface area (Å²) in [6, 6.07) is 5.65. The van der Waals surface area contributed by atoms with Crippen LogP contribution in [0.15, 0.2) is 34.0 Å². The number of carbonyl (C=O) groups is 1. The fourth-order valence-corrected chi connectivity index (χ4v) is 4.16. The van der Waals surface area contributed by atoms with Crippen LogP contribution in [0.3, 0.4) is 0 Å². The Labute approximate surface area is 169 Å². The molecule has 0 radical (unpaired) electrons. The molecule has 28 heavy (non-hydrogen) atoms. The molecule has 0 atom stereocenters. The van der Waals surface area contributed by atoms with Gasteiger partial charge in [0.05, 0.1) is 12.0 Å². The number of aromatic nitrogens is 4. The fraction of sp³-hybridized carbons (Fsp3) is 0.450. The molecule has 0 aliphatic heterocycles. The third-order valence-corrected chi connectivity index (χ3v) is 5.68. The lowest BCUT2D eigenvalue weighted by Crippen LogP contribution is -2.08. The molecule has 0 N–H and O–H groups in total. The van der Waals surface area contributed by atoms with Crippen molar-refractivity contribution in [1.29, 1.82) is 0 Å². The third kappa shape index (κ3) is 4.23. The highest BCUT2D eigenvalue weighted by atomic mass is 32.2. The highest BCUT2D eigenvalue weighted by Crippen LogP contribution is 2.26. The average Bonchev–Trinajstić information content (AvgIpc) is 3.40. The SMILES string of the molecule is CCn1c(SCC(=O)c2cc(C)n(CCCOC)c2C)nnc1-c1ccco1. The molecule has 0 aromatic carbocycles. The summed E-state index contributed by atoms with van der Waals surface area (Å²) >= 11 is 1.41. The first-order valence-corrected chi connectivity index (χ1v) is 10.3. The lowest BCUT2D eigenvalue weighted by Gasteiger charge is -2.09. The molecular weight excluding hydrogens is 376 g/mol. The predicted octanol–water partition coefficient (Wildman–Crippen LogP) is 3.99. The number of nitrogens with zero attached hydrogens (tertiary/aromatic N) is 4. The quantitative estimate of drug-likeness (QED) is 0.290. The Hall–Kier alpha value is -2.32. The molecule has 0 saturated carbocycles. The fourth-order valence-electron chi connectivity index (χ4n) is 3.27. The first kappa shape index (κ1) is 20.4. The summed E-state index contributed by atoms with van der Waals surface area (Å²) in [5, 5.41) is 9.20. The Bertz CT molecular complexity index is 928. The van der Waals surface area contributed by atoms with E-state index in [0.717, 1.165) is 35.1 Å². The first-order valence-electron chi connectivity index (χ1n) is 9.35. The zero-order valence-corrected chi connectivity index (χ0v) is 17.6. The zero-order valence-electron chi connectivity index (χ0n) is 16.8. The third-order valence-electron chi connectivity index (χ3n) is 4.71. The van der Waals surface area contributed by atoms with Gasteiger partial charge in [0.15, 0.2) is 22.5 Å². The molecular formula is C20H26N4O3S. The van der Waals surface area contributed by atoms with Crippen molar-refractivity contribution in [2.45, 2.75) is 45.4 Å². The molecule has 7 nitrogen and oxygen atoms in total. The summed E-state index contributed by atoms with van der Waals surface area (Å²) in [5.41, 5.74) is 2.88. The molecule has 8 heteroatoms. The number of ketones is 1. The molecule has 0 fully saturated rings. The van der Waals surface area contributed by atoms with Gasteiger partial charge < -0.3 is 13.7 Å². The molecule has 0 bridgehead atoms. The molecule has 3 aromatic heterocycles. The number of furan rings is 1. The maximum absolute atomic E-state index is 12.8. The summed E-state index contributed by atoms with van der Waals surface area (Å²) in [4.78, 5) is 12.8. The average molecular weight is 403 g/mol. The van der Waals surface area contributed by atoms with Crippen molar-refractivity contribution in [1.82, 2.24) is 19.3 Å². The van der Waals surface area contributed by atoms with Gasteiger partial charge in [-0.2, -0.15) is 0 Å². The van der Waals surface area contributed by atoms with Gasteiger partial charge in [-0.05, 0) is 45.4 Å². The maximum Gasteiger partial charge on any atom is 0.200 e. The van der Waals surface area contributed by atoms with E-state index in [1.165, 1.54) is 11.8 Å². The summed E-state index contributed by atoms with van der Waals surface area (Å²) in [6.45, 7) is 8.32. The van der Waals surface area contributed by atoms with Crippen LogP contribution in [0.2, 0.25) is 0 Å². The van der Waals surface area contributed by atoms with E-state index >= 15 is 0 Å². The van der Waals surface area contributed by atoms with Crippen molar-refractivity contribution >= 4 is 17.5 Å². The number of hydrogen-bond acceptors (Lipinski definition) is 6. The van der Waals surface area contributed by atoms with E-state index in [0.29, 0.717) is 30.5 Å². The Morgan fingerprint density at radius 3 is 2.79 bits per heavy atom. The smallest absolute Gasteiger partial charge is 0.200 e. The van der Waals surface area contributed by atoms with Crippen LogP contribution in [-0.4, -0.2) is 44.6 Å². The molecule has 3 heterocycles. The number of carbonyl (C=O) groups excluding carboxylic acids is 1. The topological polar surface area (TPSA) is 75.1 Å². The van der Waals surface area contributed by atoms with Gasteiger partial charge in [0, 0.05) is 43.8 Å². The van der Waals surface area contributed by atoms with Crippen LogP contribution in [0.5, 0.6) is 0 Å². The number of Topliss-reactive ketones (excluding diaryl/α,β-unsaturated/α-hetero) is 1. The minimum absolute atomic E-state index is 0.0984. The van der Waals surface area contributed by atoms with Crippen LogP contribution in [-0.2, 0) is 17.8 Å². The molecule has 0 spiro atoms. The molecule has 0 saturated heterocycles. The highest BCUT2D eigenvalue weighted by Gasteiger charge is 2.19. The van der Waals surface area contributed by atoms with E-state index in [-0.39, 0.29) is 5.78 Å². The summed E-state index contributed by atoms with van der Waals surface area (Å²) in [6.07, 6.45) is 2.53. The van der Waals surface area contributed by atoms with Gasteiger partial charge in [0.25, 0.3) is 0 Å². The van der Waals surface area contributed by atoms with E-state index in [4.69, 9.17) is 9.15 Å². The number of rotatable bonds is 10.